The lowest BCUT2D eigenvalue weighted by molar-refractivity contribution is -0.149. The maximum Gasteiger partial charge on any atom is 0.331 e. The van der Waals surface area contributed by atoms with Crippen molar-refractivity contribution in [2.75, 3.05) is 6.54 Å². The van der Waals surface area contributed by atoms with Crippen LogP contribution in [0.5, 0.6) is 0 Å². The fourth-order valence-corrected chi connectivity index (χ4v) is 1.77. The van der Waals surface area contributed by atoms with Crippen LogP contribution in [0.25, 0.3) is 0 Å². The highest BCUT2D eigenvalue weighted by Gasteiger charge is 2.31. The van der Waals surface area contributed by atoms with E-state index in [9.17, 15) is 22.8 Å². The number of rotatable bonds is 4. The number of benzene rings is 1. The van der Waals surface area contributed by atoms with Gasteiger partial charge in [-0.1, -0.05) is 0 Å². The van der Waals surface area contributed by atoms with Crippen LogP contribution in [0.4, 0.5) is 13.2 Å². The van der Waals surface area contributed by atoms with Crippen LogP contribution in [0.3, 0.4) is 0 Å². The third-order valence-corrected chi connectivity index (χ3v) is 2.62. The average Bonchev–Trinajstić information content (AvgIpc) is 2.30. The Hall–Kier alpha value is -2.05. The van der Waals surface area contributed by atoms with Crippen LogP contribution in [0, 0.1) is 17.5 Å². The van der Waals surface area contributed by atoms with Crippen molar-refractivity contribution in [3.63, 3.8) is 0 Å². The number of halogens is 3. The molecule has 7 heteroatoms. The molecular formula is C12H12F3NO3. The zero-order valence-electron chi connectivity index (χ0n) is 10.3. The maximum absolute atomic E-state index is 13.6. The van der Waals surface area contributed by atoms with E-state index >= 15 is 0 Å². The summed E-state index contributed by atoms with van der Waals surface area (Å²) in [6.07, 6.45) is 0. The third-order valence-electron chi connectivity index (χ3n) is 2.62. The molecule has 0 aliphatic carbocycles. The Bertz CT molecular complexity index is 519. The van der Waals surface area contributed by atoms with E-state index < -0.39 is 40.9 Å². The molecule has 0 bridgehead atoms. The van der Waals surface area contributed by atoms with Gasteiger partial charge < -0.3 is 10.0 Å². The van der Waals surface area contributed by atoms with Crippen LogP contribution in [0.15, 0.2) is 12.1 Å². The molecule has 1 atom stereocenters. The van der Waals surface area contributed by atoms with Gasteiger partial charge in [-0.2, -0.15) is 0 Å². The lowest BCUT2D eigenvalue weighted by Gasteiger charge is -2.27. The van der Waals surface area contributed by atoms with Crippen molar-refractivity contribution in [1.82, 2.24) is 4.90 Å². The molecule has 1 unspecified atom stereocenters. The Morgan fingerprint density at radius 1 is 1.21 bits per heavy atom. The van der Waals surface area contributed by atoms with Crippen molar-refractivity contribution >= 4 is 11.9 Å². The Kier molecular flexibility index (Phi) is 4.52. The molecule has 104 valence electrons. The summed E-state index contributed by atoms with van der Waals surface area (Å²) >= 11 is 0. The molecule has 1 N–H and O–H groups in total. The van der Waals surface area contributed by atoms with Gasteiger partial charge in [-0.25, -0.2) is 18.0 Å². The molecule has 19 heavy (non-hydrogen) atoms. The van der Waals surface area contributed by atoms with E-state index in [0.717, 1.165) is 11.8 Å². The maximum atomic E-state index is 13.6. The number of nitrogens with zero attached hydrogens (tertiary/aromatic N) is 1. The highest BCUT2D eigenvalue weighted by Crippen LogP contribution is 2.26. The standard InChI is InChI=1S/C12H12F3NO3/c1-3-16(6(2)17)11(12(18)19)7-4-9(14)10(15)5-8(7)13/h4-5,11H,3H2,1-2H3,(H,18,19). The third kappa shape index (κ3) is 3.04. The Labute approximate surface area is 107 Å². The Morgan fingerprint density at radius 3 is 2.16 bits per heavy atom. The van der Waals surface area contributed by atoms with Gasteiger partial charge in [-0.3, -0.25) is 4.79 Å². The summed E-state index contributed by atoms with van der Waals surface area (Å²) in [7, 11) is 0. The van der Waals surface area contributed by atoms with Gasteiger partial charge >= 0.3 is 5.97 Å². The molecule has 0 saturated carbocycles. The zero-order valence-corrected chi connectivity index (χ0v) is 10.3. The number of aliphatic carboxylic acids is 1. The van der Waals surface area contributed by atoms with E-state index in [1.165, 1.54) is 6.92 Å². The number of amides is 1. The SMILES string of the molecule is CCN(C(C)=O)C(C(=O)O)c1cc(F)c(F)cc1F. The lowest BCUT2D eigenvalue weighted by Crippen LogP contribution is -2.38. The van der Waals surface area contributed by atoms with Crippen molar-refractivity contribution in [3.05, 3.63) is 35.1 Å². The normalized spacial score (nSPS) is 12.1. The van der Waals surface area contributed by atoms with Gasteiger partial charge in [0, 0.05) is 25.1 Å². The molecular weight excluding hydrogens is 263 g/mol. The van der Waals surface area contributed by atoms with Crippen molar-refractivity contribution in [1.29, 1.82) is 0 Å². The summed E-state index contributed by atoms with van der Waals surface area (Å²) in [6, 6.07) is -0.985. The molecule has 0 aliphatic heterocycles. The number of hydrogen-bond donors (Lipinski definition) is 1. The first-order valence-electron chi connectivity index (χ1n) is 5.44. The quantitative estimate of drug-likeness (QED) is 0.856. The summed E-state index contributed by atoms with van der Waals surface area (Å²) in [5.74, 6) is -6.15. The lowest BCUT2D eigenvalue weighted by atomic mass is 10.0. The number of carboxylic acid groups (broad SMARTS) is 1. The molecule has 0 aromatic heterocycles. The second-order valence-electron chi connectivity index (χ2n) is 3.83. The molecule has 1 aromatic carbocycles. The van der Waals surface area contributed by atoms with Gasteiger partial charge in [0.25, 0.3) is 0 Å². The highest BCUT2D eigenvalue weighted by atomic mass is 19.2. The monoisotopic (exact) mass is 275 g/mol. The van der Waals surface area contributed by atoms with Crippen molar-refractivity contribution in [3.8, 4) is 0 Å². The molecule has 0 spiro atoms. The Balaban J connectivity index is 3.39. The van der Waals surface area contributed by atoms with Gasteiger partial charge in [-0.05, 0) is 13.0 Å². The van der Waals surface area contributed by atoms with Crippen LogP contribution >= 0.6 is 0 Å². The van der Waals surface area contributed by atoms with Gasteiger partial charge in [0.2, 0.25) is 5.91 Å². The predicted molar refractivity (Wildman–Crippen MR) is 59.8 cm³/mol. The first-order chi connectivity index (χ1) is 8.79. The molecule has 4 nitrogen and oxygen atoms in total. The van der Waals surface area contributed by atoms with Gasteiger partial charge in [0.1, 0.15) is 5.82 Å². The van der Waals surface area contributed by atoms with Crippen molar-refractivity contribution in [2.45, 2.75) is 19.9 Å². The van der Waals surface area contributed by atoms with E-state index in [1.807, 2.05) is 0 Å². The molecule has 0 saturated heterocycles. The zero-order chi connectivity index (χ0) is 14.7. The molecule has 1 aromatic rings. The second-order valence-corrected chi connectivity index (χ2v) is 3.83. The molecule has 0 radical (unpaired) electrons. The van der Waals surface area contributed by atoms with Crippen LogP contribution in [0.2, 0.25) is 0 Å². The first-order valence-corrected chi connectivity index (χ1v) is 5.44. The first kappa shape index (κ1) is 15.0. The fraction of sp³-hybridized carbons (Fsp3) is 0.333. The van der Waals surface area contributed by atoms with Gasteiger partial charge in [0.05, 0.1) is 0 Å². The number of hydrogen-bond acceptors (Lipinski definition) is 2. The number of carboxylic acids is 1. The second kappa shape index (κ2) is 5.73. The van der Waals surface area contributed by atoms with Gasteiger partial charge in [0.15, 0.2) is 17.7 Å². The van der Waals surface area contributed by atoms with Gasteiger partial charge in [-0.15, -0.1) is 0 Å². The van der Waals surface area contributed by atoms with Crippen molar-refractivity contribution in [2.24, 2.45) is 0 Å². The minimum absolute atomic E-state index is 0.00919. The smallest absolute Gasteiger partial charge is 0.331 e. The average molecular weight is 275 g/mol. The summed E-state index contributed by atoms with van der Waals surface area (Å²) < 4.78 is 39.5. The highest BCUT2D eigenvalue weighted by molar-refractivity contribution is 5.83. The molecule has 0 fully saturated rings. The summed E-state index contributed by atoms with van der Waals surface area (Å²) in [5.41, 5.74) is -0.594. The largest absolute Gasteiger partial charge is 0.479 e. The van der Waals surface area contributed by atoms with Crippen LogP contribution in [-0.4, -0.2) is 28.4 Å². The van der Waals surface area contributed by atoms with E-state index in [0.29, 0.717) is 6.07 Å². The minimum Gasteiger partial charge on any atom is -0.479 e. The minimum atomic E-state index is -1.70. The summed E-state index contributed by atoms with van der Waals surface area (Å²) in [6.45, 7) is 2.59. The van der Waals surface area contributed by atoms with E-state index in [2.05, 4.69) is 0 Å². The topological polar surface area (TPSA) is 57.6 Å². The molecule has 1 amide bonds. The molecule has 0 aliphatic rings. The number of carbonyl (C=O) groups excluding carboxylic acids is 1. The van der Waals surface area contributed by atoms with E-state index in [1.54, 1.807) is 0 Å². The van der Waals surface area contributed by atoms with E-state index in [-0.39, 0.29) is 12.6 Å². The summed E-state index contributed by atoms with van der Waals surface area (Å²) in [4.78, 5) is 23.4. The predicted octanol–water partition coefficient (Wildman–Crippen LogP) is 2.10. The van der Waals surface area contributed by atoms with Crippen LogP contribution in [0.1, 0.15) is 25.5 Å². The van der Waals surface area contributed by atoms with Crippen LogP contribution < -0.4 is 0 Å². The number of likely N-dealkylation sites (N-methyl/N-ethyl adjacent to an activating group) is 1. The molecule has 0 heterocycles. The van der Waals surface area contributed by atoms with E-state index in [4.69, 9.17) is 5.11 Å². The fourth-order valence-electron chi connectivity index (χ4n) is 1.77. The van der Waals surface area contributed by atoms with Crippen LogP contribution in [-0.2, 0) is 9.59 Å². The van der Waals surface area contributed by atoms with Crippen molar-refractivity contribution < 1.29 is 27.9 Å². The Morgan fingerprint density at radius 2 is 1.74 bits per heavy atom. The molecule has 1 rings (SSSR count). The number of carbonyl (C=O) groups is 2. The summed E-state index contributed by atoms with van der Waals surface area (Å²) in [5, 5.41) is 9.08.